The topological polar surface area (TPSA) is 93.4 Å². The van der Waals surface area contributed by atoms with Crippen molar-refractivity contribution in [3.05, 3.63) is 29.8 Å². The smallest absolute Gasteiger partial charge is 0.251 e. The van der Waals surface area contributed by atoms with Crippen LogP contribution in [-0.4, -0.2) is 37.6 Å². The molecule has 0 heterocycles. The highest BCUT2D eigenvalue weighted by Crippen LogP contribution is 2.26. The van der Waals surface area contributed by atoms with Gasteiger partial charge in [-0.1, -0.05) is 33.1 Å². The fourth-order valence-corrected chi connectivity index (χ4v) is 3.68. The summed E-state index contributed by atoms with van der Waals surface area (Å²) in [6.45, 7) is 4.28. The van der Waals surface area contributed by atoms with Gasteiger partial charge in [0, 0.05) is 18.2 Å². The number of hydrogen-bond acceptors (Lipinski definition) is 4. The molecule has 7 heteroatoms. The molecule has 28 heavy (non-hydrogen) atoms. The van der Waals surface area contributed by atoms with Gasteiger partial charge in [0.25, 0.3) is 5.91 Å². The van der Waals surface area contributed by atoms with E-state index in [0.717, 1.165) is 12.8 Å². The SMILES string of the molecule is COc1ccc(C(=O)NC(C(=O)NC(CN)C2CCCCC2)C(C)C)cc1.Cl. The van der Waals surface area contributed by atoms with E-state index in [1.807, 2.05) is 13.8 Å². The summed E-state index contributed by atoms with van der Waals surface area (Å²) in [7, 11) is 1.58. The zero-order chi connectivity index (χ0) is 19.8. The van der Waals surface area contributed by atoms with E-state index in [1.54, 1.807) is 31.4 Å². The van der Waals surface area contributed by atoms with Crippen LogP contribution in [-0.2, 0) is 4.79 Å². The standard InChI is InChI=1S/C21H33N3O3.ClH/c1-14(2)19(24-20(25)16-9-11-17(27-3)12-10-16)21(26)23-18(13-22)15-7-5-4-6-8-15;/h9-12,14-15,18-19H,4-8,13,22H2,1-3H3,(H,23,26)(H,24,25);1H. The number of benzene rings is 1. The Hall–Kier alpha value is -1.79. The summed E-state index contributed by atoms with van der Waals surface area (Å²) in [4.78, 5) is 25.4. The lowest BCUT2D eigenvalue weighted by atomic mass is 9.83. The average molecular weight is 412 g/mol. The number of rotatable bonds is 8. The van der Waals surface area contributed by atoms with Gasteiger partial charge in [-0.25, -0.2) is 0 Å². The first-order valence-electron chi connectivity index (χ1n) is 9.91. The Morgan fingerprint density at radius 2 is 1.71 bits per heavy atom. The maximum Gasteiger partial charge on any atom is 0.251 e. The number of amides is 2. The molecule has 1 aromatic rings. The Balaban J connectivity index is 0.00000392. The Morgan fingerprint density at radius 3 is 2.21 bits per heavy atom. The second-order valence-corrected chi connectivity index (χ2v) is 7.67. The molecule has 1 aliphatic rings. The molecule has 0 radical (unpaired) electrons. The third-order valence-electron chi connectivity index (χ3n) is 5.39. The summed E-state index contributed by atoms with van der Waals surface area (Å²) >= 11 is 0. The first-order chi connectivity index (χ1) is 13.0. The normalized spacial score (nSPS) is 16.6. The number of carbonyl (C=O) groups is 2. The number of carbonyl (C=O) groups excluding carboxylic acids is 2. The van der Waals surface area contributed by atoms with Gasteiger partial charge in [0.1, 0.15) is 11.8 Å². The Labute approximate surface area is 174 Å². The molecule has 6 nitrogen and oxygen atoms in total. The zero-order valence-electron chi connectivity index (χ0n) is 17.1. The molecule has 0 aliphatic heterocycles. The summed E-state index contributed by atoms with van der Waals surface area (Å²) in [5, 5.41) is 5.96. The second kappa shape index (κ2) is 11.9. The molecule has 0 saturated heterocycles. The van der Waals surface area contributed by atoms with E-state index in [4.69, 9.17) is 10.5 Å². The van der Waals surface area contributed by atoms with E-state index in [2.05, 4.69) is 10.6 Å². The van der Waals surface area contributed by atoms with Gasteiger partial charge >= 0.3 is 0 Å². The Morgan fingerprint density at radius 1 is 1.11 bits per heavy atom. The van der Waals surface area contributed by atoms with Crippen molar-refractivity contribution in [2.75, 3.05) is 13.7 Å². The van der Waals surface area contributed by atoms with Crippen LogP contribution in [0.4, 0.5) is 0 Å². The highest BCUT2D eigenvalue weighted by atomic mass is 35.5. The van der Waals surface area contributed by atoms with Crippen LogP contribution in [0.5, 0.6) is 5.75 Å². The van der Waals surface area contributed by atoms with E-state index < -0.39 is 6.04 Å². The molecule has 1 fully saturated rings. The Kier molecular flexibility index (Phi) is 10.3. The van der Waals surface area contributed by atoms with Crippen molar-refractivity contribution in [3.8, 4) is 5.75 Å². The van der Waals surface area contributed by atoms with Gasteiger partial charge in [-0.2, -0.15) is 0 Å². The number of ether oxygens (including phenoxy) is 1. The monoisotopic (exact) mass is 411 g/mol. The predicted molar refractivity (Wildman–Crippen MR) is 114 cm³/mol. The summed E-state index contributed by atoms with van der Waals surface area (Å²) in [6, 6.07) is 6.21. The minimum atomic E-state index is -0.600. The molecule has 1 aliphatic carbocycles. The lowest BCUT2D eigenvalue weighted by Gasteiger charge is -2.32. The summed E-state index contributed by atoms with van der Waals surface area (Å²) in [5.41, 5.74) is 6.43. The second-order valence-electron chi connectivity index (χ2n) is 7.67. The van der Waals surface area contributed by atoms with Gasteiger partial charge in [-0.05, 0) is 48.9 Å². The number of hydrogen-bond donors (Lipinski definition) is 3. The summed E-state index contributed by atoms with van der Waals surface area (Å²) in [6.07, 6.45) is 5.85. The van der Waals surface area contributed by atoms with Crippen LogP contribution >= 0.6 is 12.4 Å². The maximum absolute atomic E-state index is 12.9. The lowest BCUT2D eigenvalue weighted by molar-refractivity contribution is -0.125. The van der Waals surface area contributed by atoms with Gasteiger partial charge in [0.15, 0.2) is 0 Å². The van der Waals surface area contributed by atoms with Gasteiger partial charge in [0.05, 0.1) is 7.11 Å². The third-order valence-corrected chi connectivity index (χ3v) is 5.39. The molecule has 2 unspecified atom stereocenters. The fraction of sp³-hybridized carbons (Fsp3) is 0.619. The van der Waals surface area contributed by atoms with Crippen molar-refractivity contribution >= 4 is 24.2 Å². The zero-order valence-corrected chi connectivity index (χ0v) is 17.9. The molecule has 4 N–H and O–H groups in total. The van der Waals surface area contributed by atoms with Crippen molar-refractivity contribution in [2.24, 2.45) is 17.6 Å². The number of halogens is 1. The molecule has 0 spiro atoms. The van der Waals surface area contributed by atoms with Crippen LogP contribution in [0.15, 0.2) is 24.3 Å². The van der Waals surface area contributed by atoms with Crippen molar-refractivity contribution in [1.29, 1.82) is 0 Å². The van der Waals surface area contributed by atoms with Crippen LogP contribution in [0.25, 0.3) is 0 Å². The number of nitrogens with two attached hydrogens (primary N) is 1. The molecule has 2 atom stereocenters. The molecule has 1 aromatic carbocycles. The average Bonchev–Trinajstić information content (AvgIpc) is 2.70. The Bertz CT molecular complexity index is 616. The molecule has 2 rings (SSSR count). The molecular formula is C21H34ClN3O3. The van der Waals surface area contributed by atoms with Crippen LogP contribution in [0, 0.1) is 11.8 Å². The van der Waals surface area contributed by atoms with Crippen LogP contribution in [0.1, 0.15) is 56.3 Å². The molecule has 158 valence electrons. The molecule has 0 aromatic heterocycles. The van der Waals surface area contributed by atoms with E-state index >= 15 is 0 Å². The summed E-state index contributed by atoms with van der Waals surface area (Å²) < 4.78 is 5.11. The minimum absolute atomic E-state index is 0. The predicted octanol–water partition coefficient (Wildman–Crippen LogP) is 2.90. The quantitative estimate of drug-likeness (QED) is 0.613. The van der Waals surface area contributed by atoms with Crippen molar-refractivity contribution in [2.45, 2.75) is 58.0 Å². The van der Waals surface area contributed by atoms with Gasteiger partial charge in [-0.3, -0.25) is 9.59 Å². The van der Waals surface area contributed by atoms with Gasteiger partial charge in [0.2, 0.25) is 5.91 Å². The van der Waals surface area contributed by atoms with Gasteiger partial charge in [-0.15, -0.1) is 12.4 Å². The van der Waals surface area contributed by atoms with Gasteiger partial charge < -0.3 is 21.1 Å². The number of nitrogens with one attached hydrogen (secondary N) is 2. The van der Waals surface area contributed by atoms with Crippen molar-refractivity contribution in [1.82, 2.24) is 10.6 Å². The lowest BCUT2D eigenvalue weighted by Crippen LogP contribution is -2.55. The minimum Gasteiger partial charge on any atom is -0.497 e. The molecular weight excluding hydrogens is 378 g/mol. The van der Waals surface area contributed by atoms with Crippen LogP contribution < -0.4 is 21.1 Å². The highest BCUT2D eigenvalue weighted by molar-refractivity contribution is 5.97. The fourth-order valence-electron chi connectivity index (χ4n) is 3.68. The van der Waals surface area contributed by atoms with E-state index in [0.29, 0.717) is 23.8 Å². The highest BCUT2D eigenvalue weighted by Gasteiger charge is 2.29. The maximum atomic E-state index is 12.9. The van der Waals surface area contributed by atoms with E-state index in [9.17, 15) is 9.59 Å². The van der Waals surface area contributed by atoms with Crippen molar-refractivity contribution in [3.63, 3.8) is 0 Å². The summed E-state index contributed by atoms with van der Waals surface area (Å²) in [5.74, 6) is 0.652. The first-order valence-corrected chi connectivity index (χ1v) is 9.91. The third kappa shape index (κ3) is 6.67. The van der Waals surface area contributed by atoms with Crippen LogP contribution in [0.3, 0.4) is 0 Å². The van der Waals surface area contributed by atoms with Crippen molar-refractivity contribution < 1.29 is 14.3 Å². The van der Waals surface area contributed by atoms with Crippen LogP contribution in [0.2, 0.25) is 0 Å². The first kappa shape index (κ1) is 24.2. The molecule has 1 saturated carbocycles. The molecule has 2 amide bonds. The molecule has 0 bridgehead atoms. The number of methoxy groups -OCH3 is 1. The van der Waals surface area contributed by atoms with E-state index in [1.165, 1.54) is 19.3 Å². The largest absolute Gasteiger partial charge is 0.497 e. The van der Waals surface area contributed by atoms with E-state index in [-0.39, 0.29) is 36.2 Å².